The molecular formula is C28H29N7O9S. The van der Waals surface area contributed by atoms with Crippen LogP contribution in [0.25, 0.3) is 10.2 Å². The van der Waals surface area contributed by atoms with Crippen LogP contribution in [-0.2, 0) is 13.0 Å². The van der Waals surface area contributed by atoms with Crippen molar-refractivity contribution in [3.63, 3.8) is 0 Å². The Kier molecular flexibility index (Phi) is 10.4. The van der Waals surface area contributed by atoms with Crippen molar-refractivity contribution >= 4 is 50.8 Å². The summed E-state index contributed by atoms with van der Waals surface area (Å²) >= 11 is 1.12. The molecule has 16 nitrogen and oxygen atoms in total. The van der Waals surface area contributed by atoms with Gasteiger partial charge in [0.2, 0.25) is 17.5 Å². The van der Waals surface area contributed by atoms with Crippen LogP contribution >= 0.6 is 11.3 Å². The van der Waals surface area contributed by atoms with E-state index in [1.54, 1.807) is 29.7 Å². The van der Waals surface area contributed by atoms with Crippen LogP contribution in [0.4, 0.5) is 11.5 Å². The molecular weight excluding hydrogens is 610 g/mol. The number of primary amides is 1. The summed E-state index contributed by atoms with van der Waals surface area (Å²) in [5.74, 6) is -2.18. The number of aliphatic hydroxyl groups excluding tert-OH is 1. The van der Waals surface area contributed by atoms with E-state index in [0.29, 0.717) is 34.6 Å². The van der Waals surface area contributed by atoms with Crippen molar-refractivity contribution in [3.05, 3.63) is 79.9 Å². The van der Waals surface area contributed by atoms with E-state index >= 15 is 0 Å². The Labute approximate surface area is 258 Å². The fourth-order valence-corrected chi connectivity index (χ4v) is 5.30. The lowest BCUT2D eigenvalue weighted by atomic mass is 10.2. The lowest BCUT2D eigenvalue weighted by Gasteiger charge is -2.11. The summed E-state index contributed by atoms with van der Waals surface area (Å²) < 4.78 is 13.6. The number of allylic oxidation sites excluding steroid dienone is 1. The summed E-state index contributed by atoms with van der Waals surface area (Å²) in [6.07, 6.45) is 5.14. The third-order valence-corrected chi connectivity index (χ3v) is 7.30. The summed E-state index contributed by atoms with van der Waals surface area (Å²) in [6.45, 7) is 3.70. The maximum atomic E-state index is 13.2. The molecule has 3 aromatic heterocycles. The number of hydrogen-bond acceptors (Lipinski definition) is 12. The number of nitro groups is 1. The standard InChI is InChI=1S/C28H29N7O9S/c1-3-18-23(44-15(2)32-18)26(38)33-28-34(22-20(43-10-6-9-36)12-16(24(29)37)13-21(22)45-28)8-5-4-7-30-25-19(35(41)42)11-17(14-31-25)27(39)40/h4-5,11-14,36H,3,6-10H2,1-2H3,(H2,29,37)(H,30,31)(H,39,40)/b5-4+,33-28?. The van der Waals surface area contributed by atoms with E-state index in [1.807, 2.05) is 6.92 Å². The van der Waals surface area contributed by atoms with Crippen molar-refractivity contribution in [2.45, 2.75) is 33.2 Å². The van der Waals surface area contributed by atoms with Gasteiger partial charge >= 0.3 is 17.6 Å². The van der Waals surface area contributed by atoms with Crippen LogP contribution in [0, 0.1) is 17.0 Å². The first-order chi connectivity index (χ1) is 21.5. The Morgan fingerprint density at radius 2 is 2.04 bits per heavy atom. The number of nitrogens with two attached hydrogens (primary N) is 1. The molecule has 45 heavy (non-hydrogen) atoms. The van der Waals surface area contributed by atoms with Crippen molar-refractivity contribution in [3.8, 4) is 5.75 Å². The predicted molar refractivity (Wildman–Crippen MR) is 162 cm³/mol. The first-order valence-electron chi connectivity index (χ1n) is 13.6. The second kappa shape index (κ2) is 14.4. The second-order valence-corrected chi connectivity index (χ2v) is 10.4. The highest BCUT2D eigenvalue weighted by atomic mass is 32.1. The molecule has 0 saturated carbocycles. The minimum Gasteiger partial charge on any atom is -0.491 e. The maximum Gasteiger partial charge on any atom is 0.337 e. The third-order valence-electron chi connectivity index (χ3n) is 6.27. The first kappa shape index (κ1) is 32.5. The number of pyridine rings is 1. The Bertz CT molecular complexity index is 1870. The molecule has 0 aliphatic carbocycles. The zero-order valence-electron chi connectivity index (χ0n) is 24.2. The molecule has 0 atom stereocenters. The summed E-state index contributed by atoms with van der Waals surface area (Å²) in [5.41, 5.74) is 5.88. The number of aliphatic hydroxyl groups is 1. The zero-order chi connectivity index (χ0) is 32.7. The molecule has 236 valence electrons. The number of nitrogens with zero attached hydrogens (tertiary/aromatic N) is 5. The minimum absolute atomic E-state index is 0.0130. The van der Waals surface area contributed by atoms with E-state index in [4.69, 9.17) is 20.0 Å². The highest BCUT2D eigenvalue weighted by Gasteiger charge is 2.21. The summed E-state index contributed by atoms with van der Waals surface area (Å²) in [7, 11) is 0. The van der Waals surface area contributed by atoms with E-state index in [0.717, 1.165) is 23.6 Å². The number of fused-ring (bicyclic) bond motifs is 1. The van der Waals surface area contributed by atoms with Crippen LogP contribution in [0.5, 0.6) is 5.75 Å². The average Bonchev–Trinajstić information content (AvgIpc) is 3.56. The molecule has 0 spiro atoms. The van der Waals surface area contributed by atoms with E-state index < -0.39 is 28.4 Å². The molecule has 5 N–H and O–H groups in total. The molecule has 0 unspecified atom stereocenters. The molecule has 0 aliphatic heterocycles. The van der Waals surface area contributed by atoms with Crippen LogP contribution in [0.1, 0.15) is 56.2 Å². The third kappa shape index (κ3) is 7.57. The van der Waals surface area contributed by atoms with E-state index in [9.17, 15) is 29.6 Å². The Morgan fingerprint density at radius 1 is 1.27 bits per heavy atom. The van der Waals surface area contributed by atoms with Crippen LogP contribution in [0.2, 0.25) is 0 Å². The van der Waals surface area contributed by atoms with Gasteiger partial charge in [-0.2, -0.15) is 4.99 Å². The Hall–Kier alpha value is -5.42. The molecule has 3 heterocycles. The monoisotopic (exact) mass is 639 g/mol. The van der Waals surface area contributed by atoms with Gasteiger partial charge in [-0.15, -0.1) is 0 Å². The van der Waals surface area contributed by atoms with Crippen molar-refractivity contribution in [2.24, 2.45) is 10.7 Å². The number of oxazole rings is 1. The van der Waals surface area contributed by atoms with E-state index in [-0.39, 0.29) is 59.6 Å². The molecule has 0 radical (unpaired) electrons. The fraction of sp³-hybridized carbons (Fsp3) is 0.286. The molecule has 4 aromatic rings. The van der Waals surface area contributed by atoms with Gasteiger partial charge in [0.1, 0.15) is 11.3 Å². The number of nitrogens with one attached hydrogen (secondary N) is 1. The number of anilines is 1. The molecule has 4 rings (SSSR count). The molecule has 0 bridgehead atoms. The van der Waals surface area contributed by atoms with Crippen LogP contribution in [0.3, 0.4) is 0 Å². The summed E-state index contributed by atoms with van der Waals surface area (Å²) in [5, 5.41) is 32.6. The molecule has 1 aromatic carbocycles. The SMILES string of the molecule is CCc1nc(C)oc1C(=O)N=c1sc2cc(C(N)=O)cc(OCCCO)c2n1C/C=C/CNc1ncc(C(=O)O)cc1[N+](=O)[O-]. The Balaban J connectivity index is 1.72. The van der Waals surface area contributed by atoms with Gasteiger partial charge in [-0.3, -0.25) is 19.7 Å². The van der Waals surface area contributed by atoms with Crippen LogP contribution < -0.4 is 20.6 Å². The lowest BCUT2D eigenvalue weighted by Crippen LogP contribution is -2.17. The number of rotatable bonds is 14. The normalized spacial score (nSPS) is 11.8. The van der Waals surface area contributed by atoms with E-state index in [1.165, 1.54) is 6.07 Å². The smallest absolute Gasteiger partial charge is 0.337 e. The number of thiazole rings is 1. The first-order valence-corrected chi connectivity index (χ1v) is 14.4. The molecule has 0 saturated heterocycles. The van der Waals surface area contributed by atoms with Gasteiger partial charge in [0.15, 0.2) is 10.7 Å². The fourth-order valence-electron chi connectivity index (χ4n) is 4.21. The average molecular weight is 640 g/mol. The second-order valence-electron chi connectivity index (χ2n) is 9.39. The van der Waals surface area contributed by atoms with Crippen LogP contribution in [0.15, 0.2) is 46.0 Å². The van der Waals surface area contributed by atoms with Gasteiger partial charge in [-0.1, -0.05) is 30.4 Å². The zero-order valence-corrected chi connectivity index (χ0v) is 25.0. The van der Waals surface area contributed by atoms with Gasteiger partial charge in [0.05, 0.1) is 27.5 Å². The number of carbonyl (C=O) groups excluding carboxylic acids is 2. The predicted octanol–water partition coefficient (Wildman–Crippen LogP) is 2.83. The summed E-state index contributed by atoms with van der Waals surface area (Å²) in [4.78, 5) is 59.8. The number of aromatic carboxylic acids is 1. The van der Waals surface area contributed by atoms with Gasteiger partial charge in [0, 0.05) is 50.9 Å². The quantitative estimate of drug-likeness (QED) is 0.0674. The number of amides is 2. The number of ether oxygens (including phenoxy) is 1. The van der Waals surface area contributed by atoms with Crippen molar-refractivity contribution in [1.82, 2.24) is 14.5 Å². The van der Waals surface area contributed by atoms with Crippen molar-refractivity contribution in [1.29, 1.82) is 0 Å². The number of benzene rings is 1. The number of carboxylic acid groups (broad SMARTS) is 1. The summed E-state index contributed by atoms with van der Waals surface area (Å²) in [6, 6.07) is 3.95. The molecule has 0 fully saturated rings. The lowest BCUT2D eigenvalue weighted by molar-refractivity contribution is -0.384. The molecule has 2 amide bonds. The van der Waals surface area contributed by atoms with Crippen molar-refractivity contribution < 1.29 is 38.7 Å². The number of aromatic nitrogens is 3. The van der Waals surface area contributed by atoms with Gasteiger partial charge in [-0.05, 0) is 18.6 Å². The highest BCUT2D eigenvalue weighted by molar-refractivity contribution is 7.16. The van der Waals surface area contributed by atoms with Crippen LogP contribution in [-0.4, -0.2) is 67.2 Å². The number of hydrogen-bond donors (Lipinski definition) is 4. The van der Waals surface area contributed by atoms with E-state index in [2.05, 4.69) is 20.3 Å². The molecule has 0 aliphatic rings. The largest absolute Gasteiger partial charge is 0.491 e. The van der Waals surface area contributed by atoms with Gasteiger partial charge in [-0.25, -0.2) is 14.8 Å². The number of carbonyl (C=O) groups is 3. The highest BCUT2D eigenvalue weighted by Crippen LogP contribution is 2.30. The minimum atomic E-state index is -1.34. The molecule has 17 heteroatoms. The number of carboxylic acids is 1. The van der Waals surface area contributed by atoms with Gasteiger partial charge < -0.3 is 35.0 Å². The number of aryl methyl sites for hydroxylation is 2. The Morgan fingerprint density at radius 3 is 2.71 bits per heavy atom. The maximum absolute atomic E-state index is 13.2. The van der Waals surface area contributed by atoms with Crippen molar-refractivity contribution in [2.75, 3.05) is 25.1 Å². The van der Waals surface area contributed by atoms with Gasteiger partial charge in [0.25, 0.3) is 0 Å². The topological polar surface area (TPSA) is 238 Å².